The molecule has 0 spiro atoms. The molecule has 0 bridgehead atoms. The predicted molar refractivity (Wildman–Crippen MR) is 103 cm³/mol. The average molecular weight is 386 g/mol. The van der Waals surface area contributed by atoms with Crippen LogP contribution in [0.4, 0.5) is 16.2 Å². The number of carbonyl (C=O) groups is 1. The Hall–Kier alpha value is -2.81. The summed E-state index contributed by atoms with van der Waals surface area (Å²) in [5.41, 5.74) is 9.26. The van der Waals surface area contributed by atoms with E-state index in [1.165, 1.54) is 23.5 Å². The maximum Gasteiger partial charge on any atom is 0.223 e. The largest absolute Gasteiger partial charge is 0.368 e. The number of halogens is 1. The van der Waals surface area contributed by atoms with Crippen LogP contribution in [-0.2, 0) is 11.2 Å². The van der Waals surface area contributed by atoms with Crippen LogP contribution < -0.4 is 10.6 Å². The zero-order valence-corrected chi connectivity index (χ0v) is 15.5. The van der Waals surface area contributed by atoms with E-state index in [1.807, 2.05) is 4.90 Å². The second kappa shape index (κ2) is 7.43. The number of carbonyl (C=O) groups excluding carboxylic acids is 1. The SMILES string of the molecule is Nc1nc(N2CCN(C(=O)CCc3ccc(F)cc3)CC2)c2ncsc2n1. The number of thiazole rings is 1. The van der Waals surface area contributed by atoms with Gasteiger partial charge in [0.15, 0.2) is 10.6 Å². The number of nitrogens with two attached hydrogens (primary N) is 1. The van der Waals surface area contributed by atoms with E-state index in [2.05, 4.69) is 19.9 Å². The molecule has 2 N–H and O–H groups in total. The standard InChI is InChI=1S/C18H19FN6OS/c19-13-4-1-12(2-5-13)3-6-14(26)24-7-9-25(10-8-24)16-15-17(27-11-21-15)23-18(20)22-16/h1-2,4-5,11H,3,6-10H2,(H2,20,22,23). The van der Waals surface area contributed by atoms with Gasteiger partial charge in [-0.2, -0.15) is 4.98 Å². The summed E-state index contributed by atoms with van der Waals surface area (Å²) in [6, 6.07) is 6.29. The van der Waals surface area contributed by atoms with E-state index in [0.717, 1.165) is 21.7 Å². The van der Waals surface area contributed by atoms with Gasteiger partial charge in [-0.1, -0.05) is 12.1 Å². The highest BCUT2D eigenvalue weighted by atomic mass is 32.1. The summed E-state index contributed by atoms with van der Waals surface area (Å²) in [6.07, 6.45) is 1.03. The van der Waals surface area contributed by atoms with Crippen LogP contribution in [0.5, 0.6) is 0 Å². The van der Waals surface area contributed by atoms with Crippen molar-refractivity contribution >= 4 is 39.4 Å². The second-order valence-corrected chi connectivity index (χ2v) is 7.24. The number of hydrogen-bond acceptors (Lipinski definition) is 7. The minimum atomic E-state index is -0.263. The molecule has 2 aromatic heterocycles. The van der Waals surface area contributed by atoms with Gasteiger partial charge >= 0.3 is 0 Å². The van der Waals surface area contributed by atoms with Crippen molar-refractivity contribution in [2.75, 3.05) is 36.8 Å². The van der Waals surface area contributed by atoms with Crippen molar-refractivity contribution in [3.05, 3.63) is 41.2 Å². The van der Waals surface area contributed by atoms with Gasteiger partial charge in [0.1, 0.15) is 11.3 Å². The van der Waals surface area contributed by atoms with E-state index in [4.69, 9.17) is 5.73 Å². The lowest BCUT2D eigenvalue weighted by atomic mass is 10.1. The fourth-order valence-electron chi connectivity index (χ4n) is 3.21. The average Bonchev–Trinajstić information content (AvgIpc) is 3.15. The van der Waals surface area contributed by atoms with Crippen molar-refractivity contribution in [3.63, 3.8) is 0 Å². The summed E-state index contributed by atoms with van der Waals surface area (Å²) < 4.78 is 13.0. The minimum absolute atomic E-state index is 0.111. The van der Waals surface area contributed by atoms with E-state index in [1.54, 1.807) is 17.6 Å². The summed E-state index contributed by atoms with van der Waals surface area (Å²) in [5, 5.41) is 0. The Labute approximate surface area is 159 Å². The van der Waals surface area contributed by atoms with Gasteiger partial charge in [0.05, 0.1) is 5.51 Å². The molecule has 0 aliphatic carbocycles. The lowest BCUT2D eigenvalue weighted by molar-refractivity contribution is -0.131. The fraction of sp³-hybridized carbons (Fsp3) is 0.333. The Morgan fingerprint density at radius 2 is 1.89 bits per heavy atom. The summed E-state index contributed by atoms with van der Waals surface area (Å²) >= 11 is 1.43. The van der Waals surface area contributed by atoms with Gasteiger partial charge in [0.2, 0.25) is 11.9 Å². The molecule has 0 saturated carbocycles. The Morgan fingerprint density at radius 1 is 1.15 bits per heavy atom. The molecule has 1 aliphatic rings. The number of aryl methyl sites for hydroxylation is 1. The molecule has 140 valence electrons. The van der Waals surface area contributed by atoms with Crippen LogP contribution in [0, 0.1) is 5.82 Å². The van der Waals surface area contributed by atoms with E-state index in [-0.39, 0.29) is 17.7 Å². The van der Waals surface area contributed by atoms with Gasteiger partial charge in [0.25, 0.3) is 0 Å². The first kappa shape index (κ1) is 17.6. The fourth-order valence-corrected chi connectivity index (χ4v) is 3.87. The smallest absolute Gasteiger partial charge is 0.223 e. The molecule has 3 heterocycles. The number of nitrogens with zero attached hydrogens (tertiary/aromatic N) is 5. The Balaban J connectivity index is 1.36. The lowest BCUT2D eigenvalue weighted by Crippen LogP contribution is -2.49. The van der Waals surface area contributed by atoms with Crippen molar-refractivity contribution in [2.45, 2.75) is 12.8 Å². The maximum absolute atomic E-state index is 13.0. The Bertz CT molecular complexity index is 952. The van der Waals surface area contributed by atoms with Gasteiger partial charge in [-0.05, 0) is 24.1 Å². The molecule has 1 saturated heterocycles. The molecule has 4 rings (SSSR count). The number of anilines is 2. The molecule has 27 heavy (non-hydrogen) atoms. The number of hydrogen-bond donors (Lipinski definition) is 1. The highest BCUT2D eigenvalue weighted by molar-refractivity contribution is 7.16. The van der Waals surface area contributed by atoms with Gasteiger partial charge in [-0.15, -0.1) is 11.3 Å². The minimum Gasteiger partial charge on any atom is -0.368 e. The summed E-state index contributed by atoms with van der Waals surface area (Å²) in [4.78, 5) is 30.1. The molecular weight excluding hydrogens is 367 g/mol. The normalized spacial score (nSPS) is 14.7. The second-order valence-electron chi connectivity index (χ2n) is 6.41. The topological polar surface area (TPSA) is 88.2 Å². The first-order valence-electron chi connectivity index (χ1n) is 8.74. The zero-order chi connectivity index (χ0) is 18.8. The van der Waals surface area contributed by atoms with Crippen molar-refractivity contribution in [3.8, 4) is 0 Å². The van der Waals surface area contributed by atoms with Gasteiger partial charge < -0.3 is 15.5 Å². The number of nitrogen functional groups attached to an aromatic ring is 1. The van der Waals surface area contributed by atoms with Gasteiger partial charge in [-0.3, -0.25) is 4.79 Å². The molecular formula is C18H19FN6OS. The number of amides is 1. The number of fused-ring (bicyclic) bond motifs is 1. The van der Waals surface area contributed by atoms with E-state index in [9.17, 15) is 9.18 Å². The third-order valence-electron chi connectivity index (χ3n) is 4.67. The molecule has 0 radical (unpaired) electrons. The number of rotatable bonds is 4. The Morgan fingerprint density at radius 3 is 2.63 bits per heavy atom. The highest BCUT2D eigenvalue weighted by Crippen LogP contribution is 2.26. The third kappa shape index (κ3) is 3.82. The first-order valence-corrected chi connectivity index (χ1v) is 9.62. The number of piperazine rings is 1. The lowest BCUT2D eigenvalue weighted by Gasteiger charge is -2.35. The molecule has 9 heteroatoms. The quantitative estimate of drug-likeness (QED) is 0.739. The van der Waals surface area contributed by atoms with Crippen LogP contribution in [-0.4, -0.2) is 51.9 Å². The summed E-state index contributed by atoms with van der Waals surface area (Å²) in [7, 11) is 0. The van der Waals surface area contributed by atoms with Crippen LogP contribution in [0.3, 0.4) is 0 Å². The van der Waals surface area contributed by atoms with E-state index in [0.29, 0.717) is 39.0 Å². The zero-order valence-electron chi connectivity index (χ0n) is 14.6. The molecule has 0 atom stereocenters. The van der Waals surface area contributed by atoms with Crippen molar-refractivity contribution in [2.24, 2.45) is 0 Å². The van der Waals surface area contributed by atoms with Crippen LogP contribution in [0.25, 0.3) is 10.3 Å². The molecule has 1 aliphatic heterocycles. The Kier molecular flexibility index (Phi) is 4.85. The first-order chi connectivity index (χ1) is 13.1. The summed E-state index contributed by atoms with van der Waals surface area (Å²) in [5.74, 6) is 0.817. The third-order valence-corrected chi connectivity index (χ3v) is 5.39. The molecule has 7 nitrogen and oxygen atoms in total. The molecule has 1 aromatic carbocycles. The van der Waals surface area contributed by atoms with Crippen LogP contribution >= 0.6 is 11.3 Å². The van der Waals surface area contributed by atoms with Crippen LogP contribution in [0.1, 0.15) is 12.0 Å². The van der Waals surface area contributed by atoms with E-state index < -0.39 is 0 Å². The monoisotopic (exact) mass is 386 g/mol. The summed E-state index contributed by atoms with van der Waals surface area (Å²) in [6.45, 7) is 2.59. The molecule has 0 unspecified atom stereocenters. The van der Waals surface area contributed by atoms with Crippen molar-refractivity contribution < 1.29 is 9.18 Å². The van der Waals surface area contributed by atoms with E-state index >= 15 is 0 Å². The molecule has 3 aromatic rings. The maximum atomic E-state index is 13.0. The highest BCUT2D eigenvalue weighted by Gasteiger charge is 2.24. The predicted octanol–water partition coefficient (Wildman–Crippen LogP) is 2.09. The molecule has 1 fully saturated rings. The number of aromatic nitrogens is 3. The number of benzene rings is 1. The van der Waals surface area contributed by atoms with Gasteiger partial charge in [-0.25, -0.2) is 14.4 Å². The van der Waals surface area contributed by atoms with Gasteiger partial charge in [0, 0.05) is 32.6 Å². The van der Waals surface area contributed by atoms with Crippen LogP contribution in [0.2, 0.25) is 0 Å². The molecule has 1 amide bonds. The van der Waals surface area contributed by atoms with Crippen LogP contribution in [0.15, 0.2) is 29.8 Å². The van der Waals surface area contributed by atoms with Crippen molar-refractivity contribution in [1.29, 1.82) is 0 Å². The van der Waals surface area contributed by atoms with Crippen molar-refractivity contribution in [1.82, 2.24) is 19.9 Å².